The van der Waals surface area contributed by atoms with Crippen molar-refractivity contribution < 1.29 is 14.3 Å². The minimum atomic E-state index is -0.439. The molecule has 6 heteroatoms. The molecule has 0 N–H and O–H groups in total. The predicted octanol–water partition coefficient (Wildman–Crippen LogP) is -0.0329. The average molecular weight is 259 g/mol. The summed E-state index contributed by atoms with van der Waals surface area (Å²) in [6.45, 7) is 2.33. The van der Waals surface area contributed by atoms with Crippen LogP contribution in [-0.2, 0) is 14.3 Å². The Labute approximate surface area is 110 Å². The number of hydrogen-bond donors (Lipinski definition) is 0. The summed E-state index contributed by atoms with van der Waals surface area (Å²) in [6.07, 6.45) is 6.28. The zero-order valence-corrected chi connectivity index (χ0v) is 10.3. The molecule has 0 bridgehead atoms. The summed E-state index contributed by atoms with van der Waals surface area (Å²) in [4.78, 5) is 33.3. The van der Waals surface area contributed by atoms with Gasteiger partial charge in [-0.3, -0.25) is 9.59 Å². The van der Waals surface area contributed by atoms with Crippen LogP contribution >= 0.6 is 0 Å². The van der Waals surface area contributed by atoms with Gasteiger partial charge >= 0.3 is 0 Å². The monoisotopic (exact) mass is 259 g/mol. The fraction of sp³-hybridized carbons (Fsp3) is 0.385. The third-order valence-corrected chi connectivity index (χ3v) is 3.29. The van der Waals surface area contributed by atoms with Crippen molar-refractivity contribution >= 4 is 23.9 Å². The quantitative estimate of drug-likeness (QED) is 0.663. The number of hydrogen-bond acceptors (Lipinski definition) is 4. The number of aliphatic imine (C=N–C) groups is 2. The van der Waals surface area contributed by atoms with Gasteiger partial charge in [0.25, 0.3) is 11.8 Å². The van der Waals surface area contributed by atoms with Crippen molar-refractivity contribution in [1.29, 1.82) is 0 Å². The van der Waals surface area contributed by atoms with Crippen LogP contribution in [0, 0.1) is 5.92 Å². The molecule has 98 valence electrons. The average Bonchev–Trinajstić information content (AvgIpc) is 2.47. The van der Waals surface area contributed by atoms with Gasteiger partial charge in [-0.15, -0.1) is 0 Å². The molecule has 0 aromatic rings. The number of ether oxygens (including phenoxy) is 1. The van der Waals surface area contributed by atoms with E-state index < -0.39 is 5.92 Å². The maximum Gasteiger partial charge on any atom is 0.260 e. The number of allylic oxidation sites excluding steroid dienone is 1. The largest absolute Gasteiger partial charge is 0.378 e. The summed E-state index contributed by atoms with van der Waals surface area (Å²) < 4.78 is 5.22. The Kier molecular flexibility index (Phi) is 3.08. The molecular formula is C13H13N3O3. The standard InChI is InChI=1S/C13H13N3O3/c17-12-10-2-1-9(7-11(10)14-8-15-12)13(18)16-3-5-19-6-4-16/h1-2,7-8,10H,3-6H2. The number of nitrogens with zero attached hydrogens (tertiary/aromatic N) is 3. The number of carbonyl (C=O) groups excluding carboxylic acids is 2. The fourth-order valence-corrected chi connectivity index (χ4v) is 2.24. The lowest BCUT2D eigenvalue weighted by Gasteiger charge is -2.28. The van der Waals surface area contributed by atoms with Crippen LogP contribution in [-0.4, -0.2) is 55.1 Å². The highest BCUT2D eigenvalue weighted by atomic mass is 16.5. The van der Waals surface area contributed by atoms with Gasteiger partial charge < -0.3 is 9.64 Å². The molecule has 3 aliphatic rings. The Hall–Kier alpha value is -2.08. The van der Waals surface area contributed by atoms with Gasteiger partial charge in [0, 0.05) is 18.7 Å². The lowest BCUT2D eigenvalue weighted by Crippen LogP contribution is -2.41. The van der Waals surface area contributed by atoms with Crippen LogP contribution in [0.5, 0.6) is 0 Å². The second-order valence-corrected chi connectivity index (χ2v) is 4.48. The Bertz CT molecular complexity index is 539. The maximum atomic E-state index is 12.3. The van der Waals surface area contributed by atoms with Gasteiger partial charge in [-0.05, 0) is 6.08 Å². The minimum Gasteiger partial charge on any atom is -0.378 e. The number of morpholine rings is 1. The van der Waals surface area contributed by atoms with E-state index in [1.165, 1.54) is 6.34 Å². The number of rotatable bonds is 1. The molecule has 0 saturated carbocycles. The highest BCUT2D eigenvalue weighted by Gasteiger charge is 2.28. The number of amides is 2. The van der Waals surface area contributed by atoms with Crippen LogP contribution in [0.2, 0.25) is 0 Å². The van der Waals surface area contributed by atoms with Crippen molar-refractivity contribution in [2.24, 2.45) is 15.9 Å². The molecule has 1 atom stereocenters. The van der Waals surface area contributed by atoms with E-state index in [1.807, 2.05) is 0 Å². The first kappa shape index (κ1) is 12.0. The van der Waals surface area contributed by atoms with Gasteiger partial charge in [-0.25, -0.2) is 9.98 Å². The molecule has 1 unspecified atom stereocenters. The highest BCUT2D eigenvalue weighted by molar-refractivity contribution is 6.20. The predicted molar refractivity (Wildman–Crippen MR) is 69.0 cm³/mol. The van der Waals surface area contributed by atoms with Crippen LogP contribution in [0.1, 0.15) is 0 Å². The summed E-state index contributed by atoms with van der Waals surface area (Å²) in [7, 11) is 0. The van der Waals surface area contributed by atoms with Crippen LogP contribution in [0.3, 0.4) is 0 Å². The molecule has 2 aliphatic heterocycles. The van der Waals surface area contributed by atoms with Crippen molar-refractivity contribution in [3.8, 4) is 0 Å². The molecule has 0 radical (unpaired) electrons. The summed E-state index contributed by atoms with van der Waals surface area (Å²) in [6, 6.07) is 0. The fourth-order valence-electron chi connectivity index (χ4n) is 2.24. The first-order valence-electron chi connectivity index (χ1n) is 6.17. The SMILES string of the molecule is O=C1N=CN=C2C=C(C(=O)N3CCOCC3)C=CC12. The van der Waals surface area contributed by atoms with E-state index in [0.717, 1.165) is 0 Å². The van der Waals surface area contributed by atoms with E-state index in [2.05, 4.69) is 9.98 Å². The molecule has 1 fully saturated rings. The number of fused-ring (bicyclic) bond motifs is 1. The summed E-state index contributed by atoms with van der Waals surface area (Å²) >= 11 is 0. The molecule has 1 saturated heterocycles. The second kappa shape index (κ2) is 4.89. The lowest BCUT2D eigenvalue weighted by molar-refractivity contribution is -0.130. The molecule has 3 rings (SSSR count). The molecule has 2 amide bonds. The third-order valence-electron chi connectivity index (χ3n) is 3.29. The molecular weight excluding hydrogens is 246 g/mol. The molecule has 2 heterocycles. The first-order chi connectivity index (χ1) is 9.25. The van der Waals surface area contributed by atoms with E-state index >= 15 is 0 Å². The van der Waals surface area contributed by atoms with Crippen molar-refractivity contribution in [1.82, 2.24) is 4.90 Å². The lowest BCUT2D eigenvalue weighted by atomic mass is 9.92. The molecule has 19 heavy (non-hydrogen) atoms. The normalized spacial score (nSPS) is 25.8. The van der Waals surface area contributed by atoms with E-state index in [0.29, 0.717) is 37.6 Å². The zero-order chi connectivity index (χ0) is 13.2. The topological polar surface area (TPSA) is 71.3 Å². The zero-order valence-electron chi connectivity index (χ0n) is 10.3. The van der Waals surface area contributed by atoms with Crippen molar-refractivity contribution in [2.75, 3.05) is 26.3 Å². The van der Waals surface area contributed by atoms with Gasteiger partial charge in [0.1, 0.15) is 12.3 Å². The summed E-state index contributed by atoms with van der Waals surface area (Å²) in [5, 5.41) is 0. The van der Waals surface area contributed by atoms with Crippen LogP contribution < -0.4 is 0 Å². The number of carbonyl (C=O) groups is 2. The molecule has 1 aliphatic carbocycles. The maximum absolute atomic E-state index is 12.3. The Morgan fingerprint density at radius 1 is 1.37 bits per heavy atom. The van der Waals surface area contributed by atoms with Crippen LogP contribution in [0.4, 0.5) is 0 Å². The van der Waals surface area contributed by atoms with Gasteiger partial charge in [-0.1, -0.05) is 12.2 Å². The Balaban J connectivity index is 1.81. The van der Waals surface area contributed by atoms with Crippen LogP contribution in [0.25, 0.3) is 0 Å². The molecule has 0 spiro atoms. The Morgan fingerprint density at radius 3 is 2.95 bits per heavy atom. The summed E-state index contributed by atoms with van der Waals surface area (Å²) in [5.41, 5.74) is 1.14. The van der Waals surface area contributed by atoms with Crippen LogP contribution in [0.15, 0.2) is 33.8 Å². The first-order valence-corrected chi connectivity index (χ1v) is 6.17. The van der Waals surface area contributed by atoms with E-state index in [4.69, 9.17) is 4.74 Å². The van der Waals surface area contributed by atoms with Gasteiger partial charge in [-0.2, -0.15) is 0 Å². The molecule has 0 aromatic heterocycles. The molecule has 0 aromatic carbocycles. The minimum absolute atomic E-state index is 0.0457. The van der Waals surface area contributed by atoms with Crippen molar-refractivity contribution in [3.63, 3.8) is 0 Å². The summed E-state index contributed by atoms with van der Waals surface area (Å²) in [5.74, 6) is -0.725. The van der Waals surface area contributed by atoms with Crippen molar-refractivity contribution in [2.45, 2.75) is 0 Å². The molecule has 6 nitrogen and oxygen atoms in total. The highest BCUT2D eigenvalue weighted by Crippen LogP contribution is 2.19. The Morgan fingerprint density at radius 2 is 2.16 bits per heavy atom. The van der Waals surface area contributed by atoms with E-state index in [-0.39, 0.29) is 11.8 Å². The smallest absolute Gasteiger partial charge is 0.260 e. The van der Waals surface area contributed by atoms with E-state index in [1.54, 1.807) is 23.1 Å². The van der Waals surface area contributed by atoms with Gasteiger partial charge in [0.05, 0.1) is 18.9 Å². The van der Waals surface area contributed by atoms with E-state index in [9.17, 15) is 9.59 Å². The second-order valence-electron chi connectivity index (χ2n) is 4.48. The third kappa shape index (κ3) is 2.26. The van der Waals surface area contributed by atoms with Gasteiger partial charge in [0.2, 0.25) is 0 Å². The van der Waals surface area contributed by atoms with Gasteiger partial charge in [0.15, 0.2) is 0 Å². The van der Waals surface area contributed by atoms with Crippen molar-refractivity contribution in [3.05, 3.63) is 23.8 Å².